The van der Waals surface area contributed by atoms with Crippen LogP contribution in [0.25, 0.3) is 0 Å². The Kier molecular flexibility index (Phi) is 9.98. The van der Waals surface area contributed by atoms with Crippen LogP contribution in [0.15, 0.2) is 0 Å². The Balaban J connectivity index is 0. The fourth-order valence-electron chi connectivity index (χ4n) is 1.29. The molecular formula is C9H22N2O4P+. The number of hydrogen-bond donors (Lipinski definition) is 4. The van der Waals surface area contributed by atoms with Gasteiger partial charge in [-0.1, -0.05) is 0 Å². The molecule has 0 aromatic heterocycles. The van der Waals surface area contributed by atoms with Crippen molar-refractivity contribution in [2.24, 2.45) is 0 Å². The van der Waals surface area contributed by atoms with Gasteiger partial charge in [0.1, 0.15) is 0 Å². The lowest BCUT2D eigenvalue weighted by molar-refractivity contribution is 0.179. The van der Waals surface area contributed by atoms with Gasteiger partial charge in [-0.25, -0.2) is 0 Å². The first-order valence-electron chi connectivity index (χ1n) is 5.02. The first kappa shape index (κ1) is 18.1. The minimum atomic E-state index is -4.39. The monoisotopic (exact) mass is 253 g/mol. The highest BCUT2D eigenvalue weighted by molar-refractivity contribution is 7.52. The molecule has 7 heteroatoms. The summed E-state index contributed by atoms with van der Waals surface area (Å²) in [5.41, 5.74) is 0. The molecule has 0 aromatic rings. The van der Waals surface area contributed by atoms with Crippen LogP contribution >= 0.6 is 8.17 Å². The molecule has 6 nitrogen and oxygen atoms in total. The van der Waals surface area contributed by atoms with Gasteiger partial charge in [0, 0.05) is 25.0 Å². The van der Waals surface area contributed by atoms with E-state index in [1.54, 1.807) is 0 Å². The summed E-state index contributed by atoms with van der Waals surface area (Å²) in [4.78, 5) is 31.5. The van der Waals surface area contributed by atoms with Gasteiger partial charge in [-0.15, -0.1) is 0 Å². The van der Waals surface area contributed by atoms with E-state index in [0.29, 0.717) is 18.5 Å². The van der Waals surface area contributed by atoms with E-state index in [-0.39, 0.29) is 0 Å². The smallest absolute Gasteiger partial charge is 0.298 e. The van der Waals surface area contributed by atoms with Crippen LogP contribution < -0.4 is 0 Å². The van der Waals surface area contributed by atoms with Crippen molar-refractivity contribution in [3.8, 4) is 6.07 Å². The number of rotatable bonds is 4. The van der Waals surface area contributed by atoms with E-state index in [9.17, 15) is 0 Å². The van der Waals surface area contributed by atoms with Crippen molar-refractivity contribution in [1.29, 1.82) is 5.26 Å². The van der Waals surface area contributed by atoms with Crippen molar-refractivity contribution >= 4 is 8.17 Å². The molecule has 0 saturated carbocycles. The molecule has 0 saturated heterocycles. The van der Waals surface area contributed by atoms with Gasteiger partial charge >= 0.3 is 8.17 Å². The number of nitrogens with zero attached hydrogens (tertiary/aromatic N) is 2. The quantitative estimate of drug-likeness (QED) is 0.548. The molecule has 0 rings (SSSR count). The summed E-state index contributed by atoms with van der Waals surface area (Å²) in [5, 5.41) is 8.40. The lowest BCUT2D eigenvalue weighted by atomic mass is 10.2. The Morgan fingerprint density at radius 3 is 1.56 bits per heavy atom. The van der Waals surface area contributed by atoms with E-state index < -0.39 is 8.17 Å². The molecule has 0 unspecified atom stereocenters. The van der Waals surface area contributed by atoms with E-state index >= 15 is 0 Å². The summed E-state index contributed by atoms with van der Waals surface area (Å²) in [6.07, 6.45) is 0.635. The van der Waals surface area contributed by atoms with Crippen molar-refractivity contribution in [1.82, 2.24) is 4.90 Å². The normalized spacial score (nSPS) is 11.4. The lowest BCUT2D eigenvalue weighted by Crippen LogP contribution is -2.37. The molecule has 0 aliphatic rings. The molecule has 0 radical (unpaired) electrons. The topological polar surface area (TPSA) is 108 Å². The van der Waals surface area contributed by atoms with Crippen LogP contribution in [0.3, 0.4) is 0 Å². The van der Waals surface area contributed by atoms with E-state index in [2.05, 4.69) is 38.7 Å². The van der Waals surface area contributed by atoms with Gasteiger partial charge in [-0.2, -0.15) is 24.8 Å². The minimum Gasteiger partial charge on any atom is -0.298 e. The summed E-state index contributed by atoms with van der Waals surface area (Å²) in [6.45, 7) is 9.55. The second-order valence-corrected chi connectivity index (χ2v) is 4.94. The molecule has 0 aliphatic carbocycles. The van der Waals surface area contributed by atoms with Crippen molar-refractivity contribution in [3.05, 3.63) is 0 Å². The molecule has 96 valence electrons. The highest BCUT2D eigenvalue weighted by atomic mass is 31.2. The van der Waals surface area contributed by atoms with Crippen molar-refractivity contribution in [2.45, 2.75) is 46.2 Å². The predicted molar refractivity (Wildman–Crippen MR) is 63.0 cm³/mol. The molecule has 0 aliphatic heterocycles. The second kappa shape index (κ2) is 8.82. The Bertz CT molecular complexity index is 197. The van der Waals surface area contributed by atoms with Crippen LogP contribution in [0, 0.1) is 11.3 Å². The summed E-state index contributed by atoms with van der Waals surface area (Å²) in [7, 11) is -4.39. The Labute approximate surface area is 97.4 Å². The first-order valence-corrected chi connectivity index (χ1v) is 6.62. The van der Waals surface area contributed by atoms with Crippen molar-refractivity contribution in [3.63, 3.8) is 0 Å². The van der Waals surface area contributed by atoms with Gasteiger partial charge in [0.05, 0.1) is 6.07 Å². The van der Waals surface area contributed by atoms with Crippen LogP contribution in [0.4, 0.5) is 0 Å². The maximum Gasteiger partial charge on any atom is 0.564 e. The molecule has 0 spiro atoms. The zero-order valence-corrected chi connectivity index (χ0v) is 11.1. The SMILES string of the molecule is CC(C)N(CCC#N)C(C)C.O[P+](O)(O)O. The summed E-state index contributed by atoms with van der Waals surface area (Å²) in [6, 6.07) is 3.26. The molecular weight excluding hydrogens is 231 g/mol. The summed E-state index contributed by atoms with van der Waals surface area (Å²) in [5.74, 6) is 0. The van der Waals surface area contributed by atoms with Gasteiger partial charge in [0.2, 0.25) is 0 Å². The molecule has 0 fully saturated rings. The molecule has 0 atom stereocenters. The van der Waals surface area contributed by atoms with Crippen LogP contribution in [-0.4, -0.2) is 43.1 Å². The van der Waals surface area contributed by atoms with Gasteiger partial charge < -0.3 is 0 Å². The predicted octanol–water partition coefficient (Wildman–Crippen LogP) is 0.652. The molecule has 0 bridgehead atoms. The molecule has 0 heterocycles. The van der Waals surface area contributed by atoms with Gasteiger partial charge in [0.15, 0.2) is 0 Å². The van der Waals surface area contributed by atoms with Gasteiger partial charge in [0.25, 0.3) is 0 Å². The standard InChI is InChI=1S/C9H18N2.H4O4P/c1-8(2)11(9(3)4)7-5-6-10;1-5(2,3)4/h8-9H,5,7H2,1-4H3;1-4H/q;+1. The molecule has 16 heavy (non-hydrogen) atoms. The third-order valence-electron chi connectivity index (χ3n) is 1.81. The van der Waals surface area contributed by atoms with Crippen LogP contribution in [0.1, 0.15) is 34.1 Å². The van der Waals surface area contributed by atoms with Crippen molar-refractivity contribution in [2.75, 3.05) is 6.54 Å². The maximum atomic E-state index is 8.40. The van der Waals surface area contributed by atoms with Gasteiger partial charge in [-0.3, -0.25) is 4.90 Å². The largest absolute Gasteiger partial charge is 0.564 e. The average Bonchev–Trinajstić information content (AvgIpc) is 2.00. The highest BCUT2D eigenvalue weighted by Gasteiger charge is 2.23. The van der Waals surface area contributed by atoms with Crippen LogP contribution in [-0.2, 0) is 0 Å². The number of hydrogen-bond acceptors (Lipinski definition) is 6. The maximum absolute atomic E-state index is 8.40. The number of nitriles is 1. The fourth-order valence-corrected chi connectivity index (χ4v) is 1.29. The first-order chi connectivity index (χ1) is 7.09. The fraction of sp³-hybridized carbons (Fsp3) is 0.889. The third-order valence-corrected chi connectivity index (χ3v) is 1.81. The minimum absolute atomic E-state index is 0.545. The molecule has 0 aromatic carbocycles. The molecule has 0 amide bonds. The van der Waals surface area contributed by atoms with Gasteiger partial charge in [-0.05, 0) is 27.7 Å². The summed E-state index contributed by atoms with van der Waals surface area (Å²) >= 11 is 0. The van der Waals surface area contributed by atoms with Crippen molar-refractivity contribution < 1.29 is 19.6 Å². The highest BCUT2D eigenvalue weighted by Crippen LogP contribution is 2.37. The van der Waals surface area contributed by atoms with Crippen LogP contribution in [0.2, 0.25) is 0 Å². The van der Waals surface area contributed by atoms with E-state index in [0.717, 1.165) is 6.54 Å². The van der Waals surface area contributed by atoms with E-state index in [1.807, 2.05) is 0 Å². The molecule has 4 N–H and O–H groups in total. The Morgan fingerprint density at radius 1 is 1.06 bits per heavy atom. The van der Waals surface area contributed by atoms with E-state index in [1.165, 1.54) is 0 Å². The second-order valence-electron chi connectivity index (χ2n) is 3.87. The summed E-state index contributed by atoms with van der Waals surface area (Å²) < 4.78 is 0. The zero-order chi connectivity index (χ0) is 13.4. The van der Waals surface area contributed by atoms with Crippen LogP contribution in [0.5, 0.6) is 0 Å². The Hall–Kier alpha value is -0.280. The third kappa shape index (κ3) is 16.2. The Morgan fingerprint density at radius 2 is 1.38 bits per heavy atom. The average molecular weight is 253 g/mol. The van der Waals surface area contributed by atoms with E-state index in [4.69, 9.17) is 24.8 Å². The lowest BCUT2D eigenvalue weighted by Gasteiger charge is -2.29. The zero-order valence-electron chi connectivity index (χ0n) is 10.2.